The highest BCUT2D eigenvalue weighted by molar-refractivity contribution is 5.87. The predicted octanol–water partition coefficient (Wildman–Crippen LogP) is 4.05. The summed E-state index contributed by atoms with van der Waals surface area (Å²) >= 11 is 0. The van der Waals surface area contributed by atoms with Gasteiger partial charge in [0.25, 0.3) is 0 Å². The Hall–Kier alpha value is -2.46. The number of fused-ring (bicyclic) bond motifs is 3. The van der Waals surface area contributed by atoms with Crippen LogP contribution in [0.1, 0.15) is 35.0 Å². The van der Waals surface area contributed by atoms with E-state index in [1.165, 1.54) is 27.8 Å². The lowest BCUT2D eigenvalue weighted by Gasteiger charge is -2.23. The molecule has 1 aliphatic heterocycles. The smallest absolute Gasteiger partial charge is 0.144 e. The van der Waals surface area contributed by atoms with E-state index in [4.69, 9.17) is 4.98 Å². The monoisotopic (exact) mass is 332 g/mol. The number of hydrogen-bond donors (Lipinski definition) is 0. The van der Waals surface area contributed by atoms with Crippen molar-refractivity contribution in [2.24, 2.45) is 0 Å². The number of rotatable bonds is 2. The van der Waals surface area contributed by atoms with Gasteiger partial charge >= 0.3 is 0 Å². The molecule has 0 spiro atoms. The minimum absolute atomic E-state index is 0.989. The van der Waals surface area contributed by atoms with Gasteiger partial charge in [0, 0.05) is 54.9 Å². The number of pyridine rings is 2. The molecule has 128 valence electrons. The Kier molecular flexibility index (Phi) is 3.92. The fourth-order valence-electron chi connectivity index (χ4n) is 3.61. The van der Waals surface area contributed by atoms with Crippen molar-refractivity contribution in [1.29, 1.82) is 0 Å². The summed E-state index contributed by atoms with van der Waals surface area (Å²) in [6, 6.07) is 6.47. The highest BCUT2D eigenvalue weighted by Gasteiger charge is 2.22. The maximum atomic E-state index is 4.76. The predicted molar refractivity (Wildman–Crippen MR) is 103 cm³/mol. The fraction of sp³-hybridized carbons (Fsp3) is 0.333. The zero-order valence-corrected chi connectivity index (χ0v) is 15.4. The zero-order chi connectivity index (χ0) is 17.6. The van der Waals surface area contributed by atoms with Gasteiger partial charge in [-0.25, -0.2) is 4.98 Å². The largest absolute Gasteiger partial charge is 0.304 e. The summed E-state index contributed by atoms with van der Waals surface area (Å²) in [7, 11) is 2.19. The Bertz CT molecular complexity index is 964. The Balaban J connectivity index is 1.89. The Morgan fingerprint density at radius 2 is 2.00 bits per heavy atom. The average Bonchev–Trinajstić information content (AvgIpc) is 2.88. The van der Waals surface area contributed by atoms with Crippen molar-refractivity contribution in [2.45, 2.75) is 33.7 Å². The van der Waals surface area contributed by atoms with Gasteiger partial charge in [-0.3, -0.25) is 4.98 Å². The van der Waals surface area contributed by atoms with E-state index in [0.717, 1.165) is 36.4 Å². The fourth-order valence-corrected chi connectivity index (χ4v) is 3.61. The average molecular weight is 332 g/mol. The number of hydrogen-bond acceptors (Lipinski definition) is 3. The molecule has 0 atom stereocenters. The van der Waals surface area contributed by atoms with Gasteiger partial charge in [0.05, 0.1) is 0 Å². The van der Waals surface area contributed by atoms with Crippen molar-refractivity contribution in [3.63, 3.8) is 0 Å². The number of nitrogens with zero attached hydrogens (tertiary/aromatic N) is 4. The van der Waals surface area contributed by atoms with Crippen LogP contribution in [0.15, 0.2) is 30.6 Å². The number of aryl methyl sites for hydroxylation is 2. The minimum Gasteiger partial charge on any atom is -0.304 e. The van der Waals surface area contributed by atoms with Gasteiger partial charge in [-0.2, -0.15) is 0 Å². The van der Waals surface area contributed by atoms with Gasteiger partial charge in [0.2, 0.25) is 0 Å². The van der Waals surface area contributed by atoms with Crippen LogP contribution in [0.25, 0.3) is 22.8 Å². The van der Waals surface area contributed by atoms with E-state index < -0.39 is 0 Å². The van der Waals surface area contributed by atoms with E-state index in [1.54, 1.807) is 0 Å². The quantitative estimate of drug-likeness (QED) is 0.710. The van der Waals surface area contributed by atoms with Crippen LogP contribution in [0.3, 0.4) is 0 Å². The summed E-state index contributed by atoms with van der Waals surface area (Å²) in [4.78, 5) is 11.6. The lowest BCUT2D eigenvalue weighted by atomic mass is 10.1. The SMILES string of the molecule is CC(=Cn1c2c(c3cc(C)cnc31)CN(C)CC2)c1ccc(C)nc1. The number of aromatic nitrogens is 3. The van der Waals surface area contributed by atoms with E-state index >= 15 is 0 Å². The van der Waals surface area contributed by atoms with Gasteiger partial charge in [0.15, 0.2) is 0 Å². The van der Waals surface area contributed by atoms with E-state index in [9.17, 15) is 0 Å². The molecule has 0 N–H and O–H groups in total. The van der Waals surface area contributed by atoms with E-state index in [2.05, 4.69) is 59.7 Å². The van der Waals surface area contributed by atoms with Crippen molar-refractivity contribution in [2.75, 3.05) is 13.6 Å². The maximum absolute atomic E-state index is 4.76. The molecule has 1 aliphatic rings. The molecule has 3 aromatic rings. The third-order valence-electron chi connectivity index (χ3n) is 5.04. The van der Waals surface area contributed by atoms with Crippen LogP contribution in [0.2, 0.25) is 0 Å². The third kappa shape index (κ3) is 2.87. The van der Waals surface area contributed by atoms with Crippen molar-refractivity contribution >= 4 is 22.8 Å². The van der Waals surface area contributed by atoms with Crippen molar-refractivity contribution in [3.8, 4) is 0 Å². The molecule has 0 saturated carbocycles. The molecule has 0 saturated heterocycles. The minimum atomic E-state index is 0.989. The first-order valence-electron chi connectivity index (χ1n) is 8.81. The van der Waals surface area contributed by atoms with Gasteiger partial charge in [-0.15, -0.1) is 0 Å². The van der Waals surface area contributed by atoms with Gasteiger partial charge in [0.1, 0.15) is 5.65 Å². The first kappa shape index (κ1) is 16.0. The standard InChI is InChI=1S/C21H24N4/c1-14-9-18-19-13-24(4)8-7-20(19)25(21(18)23-10-14)12-15(2)17-6-5-16(3)22-11-17/h5-6,9-12H,7-8,13H2,1-4H3. The second kappa shape index (κ2) is 6.12. The molecule has 4 heterocycles. The van der Waals surface area contributed by atoms with Crippen molar-refractivity contribution < 1.29 is 0 Å². The molecular formula is C21H24N4. The Labute approximate surface area is 148 Å². The summed E-state index contributed by atoms with van der Waals surface area (Å²) in [5.41, 5.74) is 8.49. The molecule has 3 aromatic heterocycles. The molecule has 4 heteroatoms. The lowest BCUT2D eigenvalue weighted by Crippen LogP contribution is -2.26. The van der Waals surface area contributed by atoms with Crippen LogP contribution >= 0.6 is 0 Å². The maximum Gasteiger partial charge on any atom is 0.144 e. The number of likely N-dealkylation sites (N-methyl/N-ethyl adjacent to an activating group) is 1. The second-order valence-corrected chi connectivity index (χ2v) is 7.17. The second-order valence-electron chi connectivity index (χ2n) is 7.17. The lowest BCUT2D eigenvalue weighted by molar-refractivity contribution is 0.312. The van der Waals surface area contributed by atoms with Gasteiger partial charge in [-0.1, -0.05) is 6.07 Å². The first-order chi connectivity index (χ1) is 12.0. The van der Waals surface area contributed by atoms with Gasteiger partial charge in [-0.05, 0) is 62.2 Å². The molecule has 4 rings (SSSR count). The topological polar surface area (TPSA) is 34.0 Å². The van der Waals surface area contributed by atoms with Gasteiger partial charge < -0.3 is 9.47 Å². The van der Waals surface area contributed by atoms with Crippen molar-refractivity contribution in [1.82, 2.24) is 19.4 Å². The summed E-state index contributed by atoms with van der Waals surface area (Å²) in [6.07, 6.45) is 7.19. The van der Waals surface area contributed by atoms with Crippen LogP contribution < -0.4 is 0 Å². The zero-order valence-electron chi connectivity index (χ0n) is 15.4. The molecular weight excluding hydrogens is 308 g/mol. The van der Waals surface area contributed by atoms with Crippen LogP contribution in [0, 0.1) is 13.8 Å². The first-order valence-corrected chi connectivity index (χ1v) is 8.81. The summed E-state index contributed by atoms with van der Waals surface area (Å²) in [5, 5.41) is 1.28. The van der Waals surface area contributed by atoms with Crippen LogP contribution in [-0.4, -0.2) is 33.0 Å². The van der Waals surface area contributed by atoms with E-state index in [-0.39, 0.29) is 0 Å². The number of allylic oxidation sites excluding steroid dienone is 1. The molecule has 0 radical (unpaired) electrons. The highest BCUT2D eigenvalue weighted by atomic mass is 15.1. The van der Waals surface area contributed by atoms with Crippen LogP contribution in [-0.2, 0) is 13.0 Å². The molecule has 0 amide bonds. The normalized spacial score (nSPS) is 15.6. The molecule has 0 fully saturated rings. The summed E-state index contributed by atoms with van der Waals surface area (Å²) < 4.78 is 2.30. The Morgan fingerprint density at radius 3 is 2.76 bits per heavy atom. The van der Waals surface area contributed by atoms with E-state index in [0.29, 0.717) is 0 Å². The summed E-state index contributed by atoms with van der Waals surface area (Å²) in [6.45, 7) is 8.35. The molecule has 0 bridgehead atoms. The molecule has 25 heavy (non-hydrogen) atoms. The van der Waals surface area contributed by atoms with Crippen LogP contribution in [0.4, 0.5) is 0 Å². The van der Waals surface area contributed by atoms with Crippen LogP contribution in [0.5, 0.6) is 0 Å². The molecule has 0 aliphatic carbocycles. The molecule has 0 aromatic carbocycles. The summed E-state index contributed by atoms with van der Waals surface area (Å²) in [5.74, 6) is 0. The van der Waals surface area contributed by atoms with E-state index in [1.807, 2.05) is 19.3 Å². The Morgan fingerprint density at radius 1 is 1.16 bits per heavy atom. The third-order valence-corrected chi connectivity index (χ3v) is 5.04. The molecule has 0 unspecified atom stereocenters. The molecule has 4 nitrogen and oxygen atoms in total. The van der Waals surface area contributed by atoms with Crippen molar-refractivity contribution in [3.05, 3.63) is 58.7 Å². The highest BCUT2D eigenvalue weighted by Crippen LogP contribution is 2.31.